The molecule has 1 unspecified atom stereocenters. The van der Waals surface area contributed by atoms with Gasteiger partial charge in [0.05, 0.1) is 10.6 Å². The Hall–Kier alpha value is -2.91. The van der Waals surface area contributed by atoms with Crippen LogP contribution in [0.4, 0.5) is 11.4 Å². The number of piperidine rings is 1. The maximum Gasteiger partial charge on any atom is 0.265 e. The molecule has 31 heavy (non-hydrogen) atoms. The summed E-state index contributed by atoms with van der Waals surface area (Å²) in [6.45, 7) is 4.12. The molecule has 2 amide bonds. The molecule has 0 aromatic heterocycles. The van der Waals surface area contributed by atoms with Crippen molar-refractivity contribution >= 4 is 33.2 Å². The number of ether oxygens (including phenoxy) is 1. The molecular formula is C22H25N3O5S. The van der Waals surface area contributed by atoms with E-state index in [2.05, 4.69) is 10.6 Å². The summed E-state index contributed by atoms with van der Waals surface area (Å²) in [4.78, 5) is 24.5. The molecule has 0 radical (unpaired) electrons. The summed E-state index contributed by atoms with van der Waals surface area (Å²) in [6, 6.07) is 12.0. The van der Waals surface area contributed by atoms with Crippen LogP contribution in [-0.4, -0.2) is 43.7 Å². The highest BCUT2D eigenvalue weighted by Gasteiger charge is 2.33. The van der Waals surface area contributed by atoms with E-state index in [1.54, 1.807) is 13.0 Å². The maximum absolute atomic E-state index is 13.1. The van der Waals surface area contributed by atoms with Gasteiger partial charge in [-0.05, 0) is 57.0 Å². The van der Waals surface area contributed by atoms with E-state index in [0.29, 0.717) is 24.3 Å². The molecule has 8 nitrogen and oxygen atoms in total. The molecule has 1 fully saturated rings. The third kappa shape index (κ3) is 4.42. The Morgan fingerprint density at radius 2 is 1.81 bits per heavy atom. The number of nitrogens with one attached hydrogen (secondary N) is 2. The van der Waals surface area contributed by atoms with Crippen LogP contribution in [0.25, 0.3) is 0 Å². The second-order valence-corrected chi connectivity index (χ2v) is 9.88. The lowest BCUT2D eigenvalue weighted by Gasteiger charge is -2.31. The summed E-state index contributed by atoms with van der Waals surface area (Å²) < 4.78 is 33.1. The fraction of sp³-hybridized carbons (Fsp3) is 0.364. The predicted octanol–water partition coefficient (Wildman–Crippen LogP) is 2.75. The van der Waals surface area contributed by atoms with E-state index in [-0.39, 0.29) is 35.7 Å². The highest BCUT2D eigenvalue weighted by molar-refractivity contribution is 7.89. The van der Waals surface area contributed by atoms with E-state index in [4.69, 9.17) is 4.74 Å². The largest absolute Gasteiger partial charge is 0.479 e. The molecule has 4 rings (SSSR count). The second kappa shape index (κ2) is 8.32. The third-order valence-electron chi connectivity index (χ3n) is 5.66. The maximum atomic E-state index is 13.1. The standard InChI is InChI=1S/C22H25N3O5S/c1-14-3-5-17(6-4-14)23-22(27)16-9-11-25(12-10-16)31(28,29)18-7-8-20-19(13-18)24-21(26)15(2)30-20/h3-8,13,15-16H,9-12H2,1-2H3,(H,23,27)(H,24,26). The van der Waals surface area contributed by atoms with Crippen molar-refractivity contribution in [3.8, 4) is 5.75 Å². The van der Waals surface area contributed by atoms with Gasteiger partial charge in [0.2, 0.25) is 15.9 Å². The predicted molar refractivity (Wildman–Crippen MR) is 116 cm³/mol. The molecule has 0 spiro atoms. The number of nitrogens with zero attached hydrogens (tertiary/aromatic N) is 1. The average molecular weight is 444 g/mol. The summed E-state index contributed by atoms with van der Waals surface area (Å²) in [5, 5.41) is 5.58. The number of sulfonamides is 1. The van der Waals surface area contributed by atoms with Crippen molar-refractivity contribution in [2.24, 2.45) is 5.92 Å². The monoisotopic (exact) mass is 443 g/mol. The molecule has 2 heterocycles. The first-order valence-electron chi connectivity index (χ1n) is 10.2. The lowest BCUT2D eigenvalue weighted by molar-refractivity contribution is -0.123. The summed E-state index contributed by atoms with van der Waals surface area (Å²) in [5.41, 5.74) is 2.19. The highest BCUT2D eigenvalue weighted by Crippen LogP contribution is 2.33. The molecule has 2 N–H and O–H groups in total. The molecule has 164 valence electrons. The Kier molecular flexibility index (Phi) is 5.72. The summed E-state index contributed by atoms with van der Waals surface area (Å²) in [6.07, 6.45) is 0.262. The van der Waals surface area contributed by atoms with Crippen LogP contribution in [-0.2, 0) is 19.6 Å². The Bertz CT molecular complexity index is 1110. The van der Waals surface area contributed by atoms with Crippen molar-refractivity contribution < 1.29 is 22.7 Å². The van der Waals surface area contributed by atoms with Crippen LogP contribution in [0.5, 0.6) is 5.75 Å². The number of rotatable bonds is 4. The number of aryl methyl sites for hydroxylation is 1. The first kappa shape index (κ1) is 21.3. The zero-order valence-corrected chi connectivity index (χ0v) is 18.2. The van der Waals surface area contributed by atoms with Gasteiger partial charge in [0.15, 0.2) is 6.10 Å². The fourth-order valence-electron chi connectivity index (χ4n) is 3.74. The van der Waals surface area contributed by atoms with E-state index in [1.807, 2.05) is 31.2 Å². The molecule has 2 aromatic rings. The minimum absolute atomic E-state index is 0.0901. The van der Waals surface area contributed by atoms with Gasteiger partial charge in [0.25, 0.3) is 5.91 Å². The molecule has 0 saturated carbocycles. The lowest BCUT2D eigenvalue weighted by Crippen LogP contribution is -2.41. The molecule has 2 aliphatic rings. The number of anilines is 2. The molecule has 0 aliphatic carbocycles. The lowest BCUT2D eigenvalue weighted by atomic mass is 9.97. The number of benzene rings is 2. The van der Waals surface area contributed by atoms with Crippen molar-refractivity contribution in [1.29, 1.82) is 0 Å². The molecular weight excluding hydrogens is 418 g/mol. The Balaban J connectivity index is 1.41. The van der Waals surface area contributed by atoms with Gasteiger partial charge in [0.1, 0.15) is 5.75 Å². The molecule has 0 bridgehead atoms. The summed E-state index contributed by atoms with van der Waals surface area (Å²) in [5.74, 6) is -0.214. The molecule has 2 aromatic carbocycles. The van der Waals surface area contributed by atoms with E-state index in [1.165, 1.54) is 16.4 Å². The van der Waals surface area contributed by atoms with Crippen LogP contribution in [0.2, 0.25) is 0 Å². The van der Waals surface area contributed by atoms with E-state index in [9.17, 15) is 18.0 Å². The highest BCUT2D eigenvalue weighted by atomic mass is 32.2. The van der Waals surface area contributed by atoms with Crippen LogP contribution in [0.3, 0.4) is 0 Å². The average Bonchev–Trinajstić information content (AvgIpc) is 2.76. The van der Waals surface area contributed by atoms with Crippen LogP contribution >= 0.6 is 0 Å². The number of carbonyl (C=O) groups excluding carboxylic acids is 2. The van der Waals surface area contributed by atoms with Gasteiger partial charge >= 0.3 is 0 Å². The number of amides is 2. The molecule has 2 aliphatic heterocycles. The molecule has 1 atom stereocenters. The van der Waals surface area contributed by atoms with Gasteiger partial charge in [0, 0.05) is 24.7 Å². The minimum Gasteiger partial charge on any atom is -0.479 e. The van der Waals surface area contributed by atoms with E-state index < -0.39 is 16.1 Å². The topological polar surface area (TPSA) is 105 Å². The Morgan fingerprint density at radius 1 is 1.13 bits per heavy atom. The van der Waals surface area contributed by atoms with Crippen LogP contribution in [0.1, 0.15) is 25.3 Å². The van der Waals surface area contributed by atoms with Gasteiger partial charge in [-0.1, -0.05) is 17.7 Å². The van der Waals surface area contributed by atoms with E-state index in [0.717, 1.165) is 11.3 Å². The second-order valence-electron chi connectivity index (χ2n) is 7.94. The van der Waals surface area contributed by atoms with E-state index >= 15 is 0 Å². The third-order valence-corrected chi connectivity index (χ3v) is 7.56. The number of fused-ring (bicyclic) bond motifs is 1. The minimum atomic E-state index is -3.74. The first-order chi connectivity index (χ1) is 14.7. The SMILES string of the molecule is Cc1ccc(NC(=O)C2CCN(S(=O)(=O)c3ccc4c(c3)NC(=O)C(C)O4)CC2)cc1. The Labute approximate surface area is 181 Å². The quantitative estimate of drug-likeness (QED) is 0.756. The number of hydrogen-bond donors (Lipinski definition) is 2. The van der Waals surface area contributed by atoms with Crippen LogP contribution in [0, 0.1) is 12.8 Å². The van der Waals surface area contributed by atoms with Gasteiger partial charge in [-0.3, -0.25) is 9.59 Å². The molecule has 1 saturated heterocycles. The first-order valence-corrected chi connectivity index (χ1v) is 11.7. The molecule has 9 heteroatoms. The van der Waals surface area contributed by atoms with Gasteiger partial charge in [-0.25, -0.2) is 8.42 Å². The number of carbonyl (C=O) groups is 2. The van der Waals surface area contributed by atoms with Crippen molar-refractivity contribution in [3.63, 3.8) is 0 Å². The van der Waals surface area contributed by atoms with Crippen molar-refractivity contribution in [1.82, 2.24) is 4.31 Å². The van der Waals surface area contributed by atoms with Crippen molar-refractivity contribution in [2.75, 3.05) is 23.7 Å². The number of hydrogen-bond acceptors (Lipinski definition) is 5. The summed E-state index contributed by atoms with van der Waals surface area (Å²) in [7, 11) is -3.74. The Morgan fingerprint density at radius 3 is 2.48 bits per heavy atom. The van der Waals surface area contributed by atoms with Gasteiger partial charge < -0.3 is 15.4 Å². The van der Waals surface area contributed by atoms with Crippen LogP contribution in [0.15, 0.2) is 47.4 Å². The normalized spacial score (nSPS) is 19.8. The van der Waals surface area contributed by atoms with Gasteiger partial charge in [-0.15, -0.1) is 0 Å². The van der Waals surface area contributed by atoms with Crippen molar-refractivity contribution in [2.45, 2.75) is 37.7 Å². The van der Waals surface area contributed by atoms with Crippen molar-refractivity contribution in [3.05, 3.63) is 48.0 Å². The zero-order chi connectivity index (χ0) is 22.2. The smallest absolute Gasteiger partial charge is 0.265 e. The van der Waals surface area contributed by atoms with Gasteiger partial charge in [-0.2, -0.15) is 4.31 Å². The fourth-order valence-corrected chi connectivity index (χ4v) is 5.23. The van der Waals surface area contributed by atoms with Crippen LogP contribution < -0.4 is 15.4 Å². The zero-order valence-electron chi connectivity index (χ0n) is 17.4. The summed E-state index contributed by atoms with van der Waals surface area (Å²) >= 11 is 0.